The Kier molecular flexibility index (Phi) is 9.00. The molecule has 0 saturated heterocycles. The predicted molar refractivity (Wildman–Crippen MR) is 137 cm³/mol. The van der Waals surface area contributed by atoms with Gasteiger partial charge in [-0.05, 0) is 44.1 Å². The van der Waals surface area contributed by atoms with Gasteiger partial charge in [-0.25, -0.2) is 9.79 Å². The third-order valence-corrected chi connectivity index (χ3v) is 6.35. The standard InChI is InChI=1S/C25H32N4O5S/c1-7-10-34-24(31)22-16(2)27-25-29(18(15-35-25)13-21(30)26-8-9-28(3)4)23(22)17-11-19(32-5)14-20(12-17)33-6/h7,11-12,14-15,23H,1,8-10,13H2,2-6H3,(H,26,30)/t23-/m0/s1. The second-order valence-corrected chi connectivity index (χ2v) is 9.09. The summed E-state index contributed by atoms with van der Waals surface area (Å²) in [6.07, 6.45) is 1.66. The van der Waals surface area contributed by atoms with Gasteiger partial charge in [0.15, 0.2) is 5.17 Å². The molecule has 9 nitrogen and oxygen atoms in total. The van der Waals surface area contributed by atoms with Crippen LogP contribution in [0.25, 0.3) is 0 Å². The van der Waals surface area contributed by atoms with Gasteiger partial charge < -0.3 is 29.3 Å². The van der Waals surface area contributed by atoms with Crippen molar-refractivity contribution in [2.45, 2.75) is 19.4 Å². The highest BCUT2D eigenvalue weighted by Gasteiger charge is 2.41. The van der Waals surface area contributed by atoms with E-state index in [1.807, 2.05) is 41.4 Å². The van der Waals surface area contributed by atoms with Gasteiger partial charge in [0, 0.05) is 24.9 Å². The topological polar surface area (TPSA) is 92.7 Å². The second-order valence-electron chi connectivity index (χ2n) is 8.26. The van der Waals surface area contributed by atoms with Gasteiger partial charge in [0.25, 0.3) is 0 Å². The van der Waals surface area contributed by atoms with E-state index in [2.05, 4.69) is 16.9 Å². The fourth-order valence-electron chi connectivity index (χ4n) is 3.79. The molecule has 188 valence electrons. The van der Waals surface area contributed by atoms with Gasteiger partial charge in [0.2, 0.25) is 5.91 Å². The predicted octanol–water partition coefficient (Wildman–Crippen LogP) is 3.08. The van der Waals surface area contributed by atoms with Crippen molar-refractivity contribution < 1.29 is 23.8 Å². The van der Waals surface area contributed by atoms with Gasteiger partial charge in [-0.1, -0.05) is 24.4 Å². The zero-order chi connectivity index (χ0) is 25.5. The number of carbonyl (C=O) groups excluding carboxylic acids is 2. The van der Waals surface area contributed by atoms with Crippen LogP contribution in [0.15, 0.2) is 58.2 Å². The third kappa shape index (κ3) is 6.26. The molecule has 0 radical (unpaired) electrons. The number of amidine groups is 1. The molecule has 1 atom stereocenters. The first kappa shape index (κ1) is 26.4. The maximum absolute atomic E-state index is 13.2. The molecule has 3 rings (SSSR count). The molecule has 35 heavy (non-hydrogen) atoms. The number of amides is 1. The zero-order valence-electron chi connectivity index (χ0n) is 20.8. The van der Waals surface area contributed by atoms with E-state index in [0.717, 1.165) is 17.8 Å². The van der Waals surface area contributed by atoms with E-state index in [1.54, 1.807) is 27.2 Å². The molecular weight excluding hydrogens is 468 g/mol. The fourth-order valence-corrected chi connectivity index (χ4v) is 4.76. The number of allylic oxidation sites excluding steroid dienone is 1. The molecule has 1 N–H and O–H groups in total. The number of thioether (sulfide) groups is 1. The summed E-state index contributed by atoms with van der Waals surface area (Å²) in [6.45, 7) is 6.77. The molecule has 0 bridgehead atoms. The number of esters is 1. The molecule has 1 aromatic carbocycles. The van der Waals surface area contributed by atoms with Crippen LogP contribution in [0.3, 0.4) is 0 Å². The van der Waals surface area contributed by atoms with Crippen molar-refractivity contribution in [3.63, 3.8) is 0 Å². The van der Waals surface area contributed by atoms with Crippen molar-refractivity contribution in [1.82, 2.24) is 15.1 Å². The van der Waals surface area contributed by atoms with Crippen molar-refractivity contribution in [3.05, 3.63) is 58.8 Å². The fraction of sp³-hybridized carbons (Fsp3) is 0.400. The number of likely N-dealkylation sites (N-methyl/N-ethyl adjacent to an activating group) is 1. The maximum atomic E-state index is 13.2. The Labute approximate surface area is 210 Å². The Balaban J connectivity index is 2.01. The number of ether oxygens (including phenoxy) is 3. The minimum atomic E-state index is -0.584. The third-order valence-electron chi connectivity index (χ3n) is 5.47. The molecular formula is C25H32N4O5S. The quantitative estimate of drug-likeness (QED) is 0.366. The first-order chi connectivity index (χ1) is 16.8. The van der Waals surface area contributed by atoms with Crippen molar-refractivity contribution in [2.24, 2.45) is 4.99 Å². The van der Waals surface area contributed by atoms with Crippen molar-refractivity contribution in [2.75, 3.05) is 48.0 Å². The Morgan fingerprint density at radius 1 is 1.23 bits per heavy atom. The lowest BCUT2D eigenvalue weighted by Gasteiger charge is -2.36. The molecule has 0 spiro atoms. The maximum Gasteiger partial charge on any atom is 0.338 e. The number of nitrogens with zero attached hydrogens (tertiary/aromatic N) is 3. The Bertz CT molecular complexity index is 1060. The molecule has 0 unspecified atom stereocenters. The van der Waals surface area contributed by atoms with Crippen LogP contribution in [0.4, 0.5) is 0 Å². The summed E-state index contributed by atoms with van der Waals surface area (Å²) >= 11 is 1.42. The average Bonchev–Trinajstić information content (AvgIpc) is 3.22. The van der Waals surface area contributed by atoms with E-state index < -0.39 is 12.0 Å². The van der Waals surface area contributed by atoms with Crippen LogP contribution in [0.2, 0.25) is 0 Å². The molecule has 0 aliphatic carbocycles. The number of methoxy groups -OCH3 is 2. The summed E-state index contributed by atoms with van der Waals surface area (Å²) in [6, 6.07) is 4.88. The number of nitrogens with one attached hydrogen (secondary N) is 1. The average molecular weight is 501 g/mol. The van der Waals surface area contributed by atoms with Crippen LogP contribution >= 0.6 is 11.8 Å². The lowest BCUT2D eigenvalue weighted by Crippen LogP contribution is -2.38. The molecule has 0 fully saturated rings. The molecule has 10 heteroatoms. The number of fused-ring (bicyclic) bond motifs is 1. The molecule has 0 aromatic heterocycles. The van der Waals surface area contributed by atoms with Gasteiger partial charge >= 0.3 is 5.97 Å². The largest absolute Gasteiger partial charge is 0.497 e. The van der Waals surface area contributed by atoms with E-state index in [4.69, 9.17) is 14.2 Å². The number of rotatable bonds is 11. The van der Waals surface area contributed by atoms with E-state index in [-0.39, 0.29) is 18.9 Å². The summed E-state index contributed by atoms with van der Waals surface area (Å²) in [7, 11) is 7.05. The Hall–Kier alpha value is -3.24. The molecule has 1 aromatic rings. The molecule has 2 heterocycles. The number of benzene rings is 1. The van der Waals surface area contributed by atoms with Crippen LogP contribution in [-0.4, -0.2) is 74.9 Å². The smallest absolute Gasteiger partial charge is 0.338 e. The summed E-state index contributed by atoms with van der Waals surface area (Å²) in [5, 5.41) is 5.53. The van der Waals surface area contributed by atoms with E-state index in [1.165, 1.54) is 17.8 Å². The SMILES string of the molecule is C=CCOC(=O)C1=C(C)N=C2SC=C(CC(=O)NCCN(C)C)N2[C@H]1c1cc(OC)cc(OC)c1. The molecule has 2 aliphatic heterocycles. The van der Waals surface area contributed by atoms with Crippen LogP contribution < -0.4 is 14.8 Å². The van der Waals surface area contributed by atoms with E-state index in [0.29, 0.717) is 34.5 Å². The molecule has 0 saturated carbocycles. The minimum absolute atomic E-state index is 0.0755. The van der Waals surface area contributed by atoms with Gasteiger partial charge in [0.05, 0.1) is 38.0 Å². The summed E-state index contributed by atoms with van der Waals surface area (Å²) in [4.78, 5) is 34.5. The summed E-state index contributed by atoms with van der Waals surface area (Å²) in [5.74, 6) is 0.560. The highest BCUT2D eigenvalue weighted by Crippen LogP contribution is 2.46. The lowest BCUT2D eigenvalue weighted by atomic mass is 9.93. The highest BCUT2D eigenvalue weighted by atomic mass is 32.2. The van der Waals surface area contributed by atoms with Crippen LogP contribution in [0.1, 0.15) is 24.9 Å². The van der Waals surface area contributed by atoms with Crippen LogP contribution in [0, 0.1) is 0 Å². The molecule has 2 aliphatic rings. The van der Waals surface area contributed by atoms with Crippen molar-refractivity contribution in [3.8, 4) is 11.5 Å². The number of hydrogen-bond acceptors (Lipinski definition) is 9. The monoisotopic (exact) mass is 500 g/mol. The lowest BCUT2D eigenvalue weighted by molar-refractivity contribution is -0.138. The number of hydrogen-bond donors (Lipinski definition) is 1. The summed E-state index contributed by atoms with van der Waals surface area (Å²) in [5.41, 5.74) is 2.42. The van der Waals surface area contributed by atoms with Gasteiger partial charge in [-0.15, -0.1) is 0 Å². The van der Waals surface area contributed by atoms with Gasteiger partial charge in [0.1, 0.15) is 18.1 Å². The zero-order valence-corrected chi connectivity index (χ0v) is 21.6. The highest BCUT2D eigenvalue weighted by molar-refractivity contribution is 8.16. The number of aliphatic imine (C=N–C) groups is 1. The van der Waals surface area contributed by atoms with Gasteiger partial charge in [-0.2, -0.15) is 0 Å². The van der Waals surface area contributed by atoms with Crippen molar-refractivity contribution in [1.29, 1.82) is 0 Å². The first-order valence-electron chi connectivity index (χ1n) is 11.2. The second kappa shape index (κ2) is 11.9. The normalized spacial score (nSPS) is 17.0. The number of carbonyl (C=O) groups is 2. The van der Waals surface area contributed by atoms with Crippen LogP contribution in [0.5, 0.6) is 11.5 Å². The molecule has 1 amide bonds. The van der Waals surface area contributed by atoms with E-state index in [9.17, 15) is 9.59 Å². The summed E-state index contributed by atoms with van der Waals surface area (Å²) < 4.78 is 16.4. The van der Waals surface area contributed by atoms with Crippen LogP contribution in [-0.2, 0) is 14.3 Å². The first-order valence-corrected chi connectivity index (χ1v) is 12.0. The van der Waals surface area contributed by atoms with Crippen molar-refractivity contribution >= 4 is 28.8 Å². The van der Waals surface area contributed by atoms with E-state index >= 15 is 0 Å². The van der Waals surface area contributed by atoms with Gasteiger partial charge in [-0.3, -0.25) is 4.79 Å². The Morgan fingerprint density at radius 3 is 2.51 bits per heavy atom. The minimum Gasteiger partial charge on any atom is -0.497 e. The Morgan fingerprint density at radius 2 is 1.91 bits per heavy atom.